The highest BCUT2D eigenvalue weighted by Crippen LogP contribution is 2.35. The van der Waals surface area contributed by atoms with E-state index >= 15 is 0 Å². The van der Waals surface area contributed by atoms with Crippen molar-refractivity contribution in [3.63, 3.8) is 0 Å². The number of aromatic nitrogens is 2. The summed E-state index contributed by atoms with van der Waals surface area (Å²) in [4.78, 5) is 24.3. The van der Waals surface area contributed by atoms with Gasteiger partial charge in [0.1, 0.15) is 0 Å². The van der Waals surface area contributed by atoms with Gasteiger partial charge in [-0.25, -0.2) is 4.98 Å². The van der Waals surface area contributed by atoms with Gasteiger partial charge in [-0.15, -0.1) is 0 Å². The minimum atomic E-state index is -0.0912. The fraction of sp³-hybridized carbons (Fsp3) is 0.174. The summed E-state index contributed by atoms with van der Waals surface area (Å²) >= 11 is 5.06. The Labute approximate surface area is 182 Å². The first-order valence-electron chi connectivity index (χ1n) is 9.39. The molecule has 0 aliphatic carbocycles. The zero-order chi connectivity index (χ0) is 20.4. The lowest BCUT2D eigenvalue weighted by Crippen LogP contribution is -2.30. The van der Waals surface area contributed by atoms with Gasteiger partial charge in [-0.1, -0.05) is 55.5 Å². The molecule has 2 aromatic heterocycles. The summed E-state index contributed by atoms with van der Waals surface area (Å²) in [5.41, 5.74) is 3.73. The molecule has 146 valence electrons. The summed E-state index contributed by atoms with van der Waals surface area (Å²) in [5, 5.41) is 0.692. The number of hydrogen-bond donors (Lipinski definition) is 0. The molecule has 1 amide bonds. The molecule has 0 saturated heterocycles. The van der Waals surface area contributed by atoms with Crippen molar-refractivity contribution >= 4 is 48.5 Å². The monoisotopic (exact) mass is 465 g/mol. The molecule has 0 radical (unpaired) electrons. The summed E-state index contributed by atoms with van der Waals surface area (Å²) in [7, 11) is 0. The molecule has 0 fully saturated rings. The maximum atomic E-state index is 13.5. The third-order valence-electron chi connectivity index (χ3n) is 4.70. The fourth-order valence-corrected chi connectivity index (χ4v) is 4.67. The second-order valence-electron chi connectivity index (χ2n) is 7.08. The number of hydrogen-bond acceptors (Lipinski definition) is 4. The first-order chi connectivity index (χ1) is 14.0. The zero-order valence-corrected chi connectivity index (χ0v) is 18.6. The number of thiazole rings is 1. The van der Waals surface area contributed by atoms with E-state index in [1.54, 1.807) is 28.6 Å². The predicted molar refractivity (Wildman–Crippen MR) is 123 cm³/mol. The summed E-state index contributed by atoms with van der Waals surface area (Å²) < 4.78 is 1.85. The van der Waals surface area contributed by atoms with Gasteiger partial charge < -0.3 is 0 Å². The highest BCUT2D eigenvalue weighted by Gasteiger charge is 2.24. The number of nitrogens with zero attached hydrogens (tertiary/aromatic N) is 3. The van der Waals surface area contributed by atoms with Crippen molar-refractivity contribution in [3.8, 4) is 0 Å². The molecule has 0 unspecified atom stereocenters. The Balaban J connectivity index is 1.82. The molecule has 0 spiro atoms. The Morgan fingerprint density at radius 1 is 1.10 bits per heavy atom. The normalized spacial score (nSPS) is 11.2. The summed E-state index contributed by atoms with van der Waals surface area (Å²) in [6.07, 6.45) is 3.52. The number of halogens is 1. The van der Waals surface area contributed by atoms with Crippen molar-refractivity contribution in [1.29, 1.82) is 0 Å². The van der Waals surface area contributed by atoms with Crippen LogP contribution in [0.3, 0.4) is 0 Å². The van der Waals surface area contributed by atoms with Gasteiger partial charge in [0.05, 0.1) is 22.3 Å². The van der Waals surface area contributed by atoms with Crippen molar-refractivity contribution in [1.82, 2.24) is 9.97 Å². The minimum absolute atomic E-state index is 0.0912. The molecular formula is C23H20BrN3OS. The molecule has 2 heterocycles. The molecule has 4 aromatic rings. The quantitative estimate of drug-likeness (QED) is 0.341. The van der Waals surface area contributed by atoms with Crippen LogP contribution in [0.5, 0.6) is 0 Å². The van der Waals surface area contributed by atoms with Gasteiger partial charge in [0.25, 0.3) is 5.91 Å². The average Bonchev–Trinajstić information content (AvgIpc) is 3.16. The largest absolute Gasteiger partial charge is 0.279 e. The lowest BCUT2D eigenvalue weighted by atomic mass is 10.0. The van der Waals surface area contributed by atoms with Crippen LogP contribution >= 0.6 is 27.3 Å². The van der Waals surface area contributed by atoms with E-state index in [2.05, 4.69) is 53.0 Å². The molecule has 2 aromatic carbocycles. The molecule has 0 aliphatic heterocycles. The minimum Gasteiger partial charge on any atom is -0.279 e. The second-order valence-corrected chi connectivity index (χ2v) is 8.94. The third kappa shape index (κ3) is 4.09. The number of carbonyl (C=O) groups is 1. The second kappa shape index (κ2) is 8.43. The average molecular weight is 466 g/mol. The van der Waals surface area contributed by atoms with Crippen molar-refractivity contribution in [3.05, 3.63) is 88.2 Å². The zero-order valence-electron chi connectivity index (χ0n) is 16.2. The number of amides is 1. The number of anilines is 1. The van der Waals surface area contributed by atoms with Crippen molar-refractivity contribution in [2.24, 2.45) is 0 Å². The first kappa shape index (κ1) is 19.7. The van der Waals surface area contributed by atoms with Gasteiger partial charge in [0.15, 0.2) is 5.13 Å². The van der Waals surface area contributed by atoms with E-state index in [1.165, 1.54) is 5.56 Å². The Morgan fingerprint density at radius 2 is 1.93 bits per heavy atom. The van der Waals surface area contributed by atoms with Crippen LogP contribution in [0.15, 0.2) is 71.5 Å². The van der Waals surface area contributed by atoms with Crippen LogP contribution in [0.2, 0.25) is 0 Å². The summed E-state index contributed by atoms with van der Waals surface area (Å²) in [6.45, 7) is 4.73. The van der Waals surface area contributed by atoms with E-state index in [0.29, 0.717) is 23.2 Å². The number of para-hydroxylation sites is 1. The lowest BCUT2D eigenvalue weighted by Gasteiger charge is -2.20. The van der Waals surface area contributed by atoms with Crippen molar-refractivity contribution in [2.45, 2.75) is 26.3 Å². The van der Waals surface area contributed by atoms with Crippen molar-refractivity contribution in [2.75, 3.05) is 4.90 Å². The van der Waals surface area contributed by atoms with Gasteiger partial charge in [0.2, 0.25) is 0 Å². The maximum Gasteiger partial charge on any atom is 0.261 e. The van der Waals surface area contributed by atoms with Crippen LogP contribution in [0.1, 0.15) is 41.3 Å². The van der Waals surface area contributed by atoms with Crippen LogP contribution in [0.4, 0.5) is 5.13 Å². The Kier molecular flexibility index (Phi) is 5.74. The van der Waals surface area contributed by atoms with Crippen LogP contribution in [-0.4, -0.2) is 15.9 Å². The SMILES string of the molecule is CC(C)c1cccc2sc(N(Cc3cccnc3)C(=O)c3ccccc3Br)nc12. The molecule has 4 rings (SSSR count). The van der Waals surface area contributed by atoms with E-state index in [-0.39, 0.29) is 5.91 Å². The number of benzene rings is 2. The van der Waals surface area contributed by atoms with Gasteiger partial charge in [-0.2, -0.15) is 0 Å². The molecule has 0 aliphatic rings. The van der Waals surface area contributed by atoms with Crippen LogP contribution in [0.25, 0.3) is 10.2 Å². The Hall–Kier alpha value is -2.57. The maximum absolute atomic E-state index is 13.5. The smallest absolute Gasteiger partial charge is 0.261 e. The summed E-state index contributed by atoms with van der Waals surface area (Å²) in [5.74, 6) is 0.269. The van der Waals surface area contributed by atoms with E-state index in [1.807, 2.05) is 36.4 Å². The third-order valence-corrected chi connectivity index (χ3v) is 6.44. The molecule has 0 bridgehead atoms. The number of pyridine rings is 1. The van der Waals surface area contributed by atoms with Gasteiger partial charge in [0, 0.05) is 16.9 Å². The van der Waals surface area contributed by atoms with E-state index < -0.39 is 0 Å². The first-order valence-corrected chi connectivity index (χ1v) is 11.0. The van der Waals surface area contributed by atoms with E-state index in [0.717, 1.165) is 20.3 Å². The molecule has 0 N–H and O–H groups in total. The molecule has 6 heteroatoms. The number of fused-ring (bicyclic) bond motifs is 1. The van der Waals surface area contributed by atoms with Crippen molar-refractivity contribution < 1.29 is 4.79 Å². The van der Waals surface area contributed by atoms with Gasteiger partial charge >= 0.3 is 0 Å². The highest BCUT2D eigenvalue weighted by molar-refractivity contribution is 9.10. The van der Waals surface area contributed by atoms with Crippen LogP contribution in [0, 0.1) is 0 Å². The predicted octanol–water partition coefficient (Wildman–Crippen LogP) is 6.42. The topological polar surface area (TPSA) is 46.1 Å². The molecule has 0 atom stereocenters. The lowest BCUT2D eigenvalue weighted by molar-refractivity contribution is 0.0984. The van der Waals surface area contributed by atoms with Crippen LogP contribution < -0.4 is 4.90 Å². The van der Waals surface area contributed by atoms with E-state index in [4.69, 9.17) is 4.98 Å². The summed E-state index contributed by atoms with van der Waals surface area (Å²) in [6, 6.07) is 17.6. The Morgan fingerprint density at radius 3 is 2.66 bits per heavy atom. The molecular weight excluding hydrogens is 446 g/mol. The fourth-order valence-electron chi connectivity index (χ4n) is 3.22. The van der Waals surface area contributed by atoms with E-state index in [9.17, 15) is 4.79 Å². The Bertz CT molecular complexity index is 1160. The van der Waals surface area contributed by atoms with Gasteiger partial charge in [-0.3, -0.25) is 14.7 Å². The number of carbonyl (C=O) groups excluding carboxylic acids is 1. The molecule has 0 saturated carbocycles. The standard InChI is InChI=1S/C23H20BrN3OS/c1-15(2)17-9-5-11-20-21(17)26-23(29-20)27(14-16-7-6-12-25-13-16)22(28)18-8-3-4-10-19(18)24/h3-13,15H,14H2,1-2H3. The van der Waals surface area contributed by atoms with Crippen LogP contribution in [-0.2, 0) is 6.54 Å². The van der Waals surface area contributed by atoms with Gasteiger partial charge in [-0.05, 0) is 57.2 Å². The number of rotatable bonds is 5. The molecule has 4 nitrogen and oxygen atoms in total. The highest BCUT2D eigenvalue weighted by atomic mass is 79.9. The molecule has 29 heavy (non-hydrogen) atoms.